The van der Waals surface area contributed by atoms with E-state index in [1.165, 1.54) is 43.1 Å². The molecule has 1 aromatic heterocycles. The molecular weight excluding hydrogens is 304 g/mol. The molecule has 2 nitrogen and oxygen atoms in total. The van der Waals surface area contributed by atoms with Crippen molar-refractivity contribution in [1.82, 2.24) is 9.88 Å². The first kappa shape index (κ1) is 18.1. The Hall–Kier alpha value is -1.67. The summed E-state index contributed by atoms with van der Waals surface area (Å²) in [6.45, 7) is 17.5. The average Bonchev–Trinajstić information content (AvgIpc) is 2.63. The number of hydrogen-bond donors (Lipinski definition) is 0. The zero-order valence-electron chi connectivity index (χ0n) is 16.0. The number of hydrogen-bond acceptors (Lipinski definition) is 2. The highest BCUT2D eigenvalue weighted by Gasteiger charge is 2.49. The van der Waals surface area contributed by atoms with Crippen molar-refractivity contribution in [3.8, 4) is 0 Å². The van der Waals surface area contributed by atoms with E-state index in [0.717, 1.165) is 17.2 Å². The standard InChI is InChI=1S/C23H32N2/c1-6-9-21-20(11-13-24-22(21)10-7-2)17(4)23(5)15-19-12-14-25(23)16-18(19)8-3/h6-7,9-11,13,17-19H,1-2,8,12,14-16H2,3-5H3/b21-9-,22-10+/t17?,18?,19?,23-/m0/s1. The lowest BCUT2D eigenvalue weighted by atomic mass is 9.64. The fourth-order valence-corrected chi connectivity index (χ4v) is 5.15. The van der Waals surface area contributed by atoms with Crippen LogP contribution in [0.1, 0.15) is 51.5 Å². The van der Waals surface area contributed by atoms with Gasteiger partial charge in [-0.1, -0.05) is 51.7 Å². The van der Waals surface area contributed by atoms with E-state index in [-0.39, 0.29) is 5.54 Å². The summed E-state index contributed by atoms with van der Waals surface area (Å²) in [6.07, 6.45) is 13.7. The molecule has 3 aliphatic heterocycles. The van der Waals surface area contributed by atoms with Gasteiger partial charge in [0.05, 0.1) is 5.35 Å². The van der Waals surface area contributed by atoms with Crippen LogP contribution in [0.25, 0.3) is 12.2 Å². The van der Waals surface area contributed by atoms with Gasteiger partial charge in [0.1, 0.15) is 0 Å². The van der Waals surface area contributed by atoms with Crippen molar-refractivity contribution >= 4 is 12.2 Å². The van der Waals surface area contributed by atoms with E-state index >= 15 is 0 Å². The number of piperidine rings is 3. The summed E-state index contributed by atoms with van der Waals surface area (Å²) in [6, 6.07) is 2.20. The third-order valence-corrected chi connectivity index (χ3v) is 6.83. The Morgan fingerprint density at radius 2 is 2.12 bits per heavy atom. The maximum Gasteiger partial charge on any atom is 0.0704 e. The molecule has 134 valence electrons. The van der Waals surface area contributed by atoms with Gasteiger partial charge in [0.2, 0.25) is 0 Å². The molecule has 3 aliphatic rings. The van der Waals surface area contributed by atoms with Gasteiger partial charge in [-0.2, -0.15) is 0 Å². The molecule has 3 fully saturated rings. The first-order valence-corrected chi connectivity index (χ1v) is 9.70. The maximum atomic E-state index is 4.55. The highest BCUT2D eigenvalue weighted by Crippen LogP contribution is 2.48. The molecule has 0 radical (unpaired) electrons. The van der Waals surface area contributed by atoms with Crippen LogP contribution in [0.3, 0.4) is 0 Å². The van der Waals surface area contributed by atoms with E-state index in [4.69, 9.17) is 0 Å². The fourth-order valence-electron chi connectivity index (χ4n) is 5.15. The first-order valence-electron chi connectivity index (χ1n) is 9.70. The van der Waals surface area contributed by atoms with E-state index in [1.807, 2.05) is 24.4 Å². The molecule has 2 heteroatoms. The van der Waals surface area contributed by atoms with Gasteiger partial charge in [0.25, 0.3) is 0 Å². The van der Waals surface area contributed by atoms with E-state index in [0.29, 0.717) is 5.92 Å². The lowest BCUT2D eigenvalue weighted by Crippen LogP contribution is -2.62. The minimum Gasteiger partial charge on any atom is -0.297 e. The molecule has 0 amide bonds. The Kier molecular flexibility index (Phi) is 5.29. The van der Waals surface area contributed by atoms with Gasteiger partial charge in [-0.25, -0.2) is 0 Å². The van der Waals surface area contributed by atoms with Crippen LogP contribution in [-0.2, 0) is 0 Å². The zero-order valence-corrected chi connectivity index (χ0v) is 16.0. The van der Waals surface area contributed by atoms with Crippen molar-refractivity contribution < 1.29 is 0 Å². The van der Waals surface area contributed by atoms with E-state index in [9.17, 15) is 0 Å². The lowest BCUT2D eigenvalue weighted by molar-refractivity contribution is -0.0676. The summed E-state index contributed by atoms with van der Waals surface area (Å²) in [5.74, 6) is 2.23. The second-order valence-corrected chi connectivity index (χ2v) is 7.95. The molecule has 0 aliphatic carbocycles. The van der Waals surface area contributed by atoms with Crippen molar-refractivity contribution in [3.63, 3.8) is 0 Å². The quantitative estimate of drug-likeness (QED) is 0.816. The molecule has 0 aromatic carbocycles. The number of nitrogens with zero attached hydrogens (tertiary/aromatic N) is 2. The second kappa shape index (κ2) is 7.29. The van der Waals surface area contributed by atoms with Gasteiger partial charge in [0.15, 0.2) is 0 Å². The van der Waals surface area contributed by atoms with Gasteiger partial charge in [-0.3, -0.25) is 9.88 Å². The van der Waals surface area contributed by atoms with Gasteiger partial charge >= 0.3 is 0 Å². The minimum absolute atomic E-state index is 0.227. The number of aromatic nitrogens is 1. The highest BCUT2D eigenvalue weighted by atomic mass is 15.2. The summed E-state index contributed by atoms with van der Waals surface area (Å²) < 4.78 is 0. The van der Waals surface area contributed by atoms with Crippen LogP contribution in [0.2, 0.25) is 0 Å². The lowest BCUT2D eigenvalue weighted by Gasteiger charge is -2.58. The number of rotatable bonds is 5. The molecule has 2 bridgehead atoms. The van der Waals surface area contributed by atoms with Crippen LogP contribution in [0.5, 0.6) is 0 Å². The Balaban J connectivity index is 2.05. The van der Waals surface area contributed by atoms with Crippen LogP contribution in [0, 0.1) is 11.8 Å². The smallest absolute Gasteiger partial charge is 0.0704 e. The van der Waals surface area contributed by atoms with Crippen molar-refractivity contribution in [2.24, 2.45) is 11.8 Å². The molecule has 0 saturated carbocycles. The normalized spacial score (nSPS) is 34.1. The van der Waals surface area contributed by atoms with Crippen LogP contribution in [-0.4, -0.2) is 28.5 Å². The maximum absolute atomic E-state index is 4.55. The Morgan fingerprint density at radius 1 is 1.36 bits per heavy atom. The van der Waals surface area contributed by atoms with Gasteiger partial charge in [-0.05, 0) is 61.8 Å². The number of pyridine rings is 1. The van der Waals surface area contributed by atoms with Crippen LogP contribution < -0.4 is 10.6 Å². The molecular formula is C23H32N2. The average molecular weight is 337 g/mol. The third kappa shape index (κ3) is 3.13. The van der Waals surface area contributed by atoms with E-state index in [2.05, 4.69) is 56.0 Å². The SMILES string of the molecule is C=C/C=c1/c(C(C)[C@]2(C)CC3CCN2CC3CC)ccn/c1=C/C=C. The summed E-state index contributed by atoms with van der Waals surface area (Å²) >= 11 is 0. The highest BCUT2D eigenvalue weighted by molar-refractivity contribution is 5.44. The summed E-state index contributed by atoms with van der Waals surface area (Å²) in [5.41, 5.74) is 1.61. The van der Waals surface area contributed by atoms with Gasteiger partial charge in [-0.15, -0.1) is 0 Å². The van der Waals surface area contributed by atoms with Crippen LogP contribution >= 0.6 is 0 Å². The van der Waals surface area contributed by atoms with Crippen LogP contribution in [0.4, 0.5) is 0 Å². The van der Waals surface area contributed by atoms with Gasteiger partial charge < -0.3 is 0 Å². The Labute approximate surface area is 152 Å². The summed E-state index contributed by atoms with van der Waals surface area (Å²) in [5, 5.41) is 2.19. The van der Waals surface area contributed by atoms with E-state index < -0.39 is 0 Å². The summed E-state index contributed by atoms with van der Waals surface area (Å²) in [4.78, 5) is 7.32. The predicted octanol–water partition coefficient (Wildman–Crippen LogP) is 3.63. The molecule has 3 saturated heterocycles. The van der Waals surface area contributed by atoms with Crippen molar-refractivity contribution in [3.05, 3.63) is 53.7 Å². The second-order valence-electron chi connectivity index (χ2n) is 7.95. The number of allylic oxidation sites excluding steroid dienone is 2. The van der Waals surface area contributed by atoms with Gasteiger partial charge in [0, 0.05) is 23.5 Å². The van der Waals surface area contributed by atoms with Crippen LogP contribution in [0.15, 0.2) is 37.6 Å². The largest absolute Gasteiger partial charge is 0.297 e. The Morgan fingerprint density at radius 3 is 2.72 bits per heavy atom. The Bertz CT molecular complexity index is 763. The number of fused-ring (bicyclic) bond motifs is 3. The fraction of sp³-hybridized carbons (Fsp3) is 0.522. The molecule has 0 spiro atoms. The predicted molar refractivity (Wildman–Crippen MR) is 108 cm³/mol. The monoisotopic (exact) mass is 336 g/mol. The first-order chi connectivity index (χ1) is 12.0. The van der Waals surface area contributed by atoms with Crippen molar-refractivity contribution in [2.75, 3.05) is 13.1 Å². The van der Waals surface area contributed by atoms with Crippen molar-refractivity contribution in [1.29, 1.82) is 0 Å². The molecule has 4 unspecified atom stereocenters. The molecule has 0 N–H and O–H groups in total. The minimum atomic E-state index is 0.227. The molecule has 4 rings (SSSR count). The molecule has 25 heavy (non-hydrogen) atoms. The molecule has 1 aromatic rings. The van der Waals surface area contributed by atoms with E-state index in [1.54, 1.807) is 0 Å². The third-order valence-electron chi connectivity index (χ3n) is 6.83. The molecule has 4 heterocycles. The van der Waals surface area contributed by atoms with Crippen molar-refractivity contribution in [2.45, 2.75) is 51.5 Å². The topological polar surface area (TPSA) is 16.1 Å². The summed E-state index contributed by atoms with van der Waals surface area (Å²) in [7, 11) is 0. The zero-order chi connectivity index (χ0) is 18.0. The molecule has 5 atom stereocenters.